The molecule has 0 saturated heterocycles. The van der Waals surface area contributed by atoms with Crippen molar-refractivity contribution in [3.63, 3.8) is 0 Å². The molecule has 0 aliphatic heterocycles. The number of fused-ring (bicyclic) bond motifs is 1. The highest BCUT2D eigenvalue weighted by Gasteiger charge is 2.26. The lowest BCUT2D eigenvalue weighted by Crippen LogP contribution is -2.32. The second kappa shape index (κ2) is 5.78. The van der Waals surface area contributed by atoms with Gasteiger partial charge in [-0.2, -0.15) is 0 Å². The van der Waals surface area contributed by atoms with Gasteiger partial charge in [0.25, 0.3) is 0 Å². The SMILES string of the molecule is NC(Cc1cccc(Br)c1)C1CCCc2sccc21. The van der Waals surface area contributed by atoms with Gasteiger partial charge >= 0.3 is 0 Å². The van der Waals surface area contributed by atoms with Crippen LogP contribution in [0.4, 0.5) is 0 Å². The lowest BCUT2D eigenvalue weighted by molar-refractivity contribution is 0.464. The summed E-state index contributed by atoms with van der Waals surface area (Å²) in [5.41, 5.74) is 9.33. The fourth-order valence-electron chi connectivity index (χ4n) is 3.05. The summed E-state index contributed by atoms with van der Waals surface area (Å²) in [4.78, 5) is 1.56. The van der Waals surface area contributed by atoms with E-state index in [0.717, 1.165) is 10.9 Å². The monoisotopic (exact) mass is 335 g/mol. The molecule has 2 unspecified atom stereocenters. The van der Waals surface area contributed by atoms with Gasteiger partial charge in [0.2, 0.25) is 0 Å². The zero-order valence-corrected chi connectivity index (χ0v) is 13.2. The van der Waals surface area contributed by atoms with Crippen LogP contribution in [0.2, 0.25) is 0 Å². The van der Waals surface area contributed by atoms with Gasteiger partial charge in [0.05, 0.1) is 0 Å². The maximum atomic E-state index is 6.49. The van der Waals surface area contributed by atoms with Crippen molar-refractivity contribution in [2.45, 2.75) is 37.6 Å². The summed E-state index contributed by atoms with van der Waals surface area (Å²) in [6.07, 6.45) is 4.72. The molecule has 0 saturated carbocycles. The molecule has 19 heavy (non-hydrogen) atoms. The van der Waals surface area contributed by atoms with Crippen molar-refractivity contribution >= 4 is 27.3 Å². The van der Waals surface area contributed by atoms with Gasteiger partial charge in [-0.15, -0.1) is 11.3 Å². The summed E-state index contributed by atoms with van der Waals surface area (Å²) in [5, 5.41) is 2.22. The number of halogens is 1. The summed E-state index contributed by atoms with van der Waals surface area (Å²) in [7, 11) is 0. The summed E-state index contributed by atoms with van der Waals surface area (Å²) in [6.45, 7) is 0. The highest BCUT2D eigenvalue weighted by Crippen LogP contribution is 2.37. The number of aryl methyl sites for hydroxylation is 1. The van der Waals surface area contributed by atoms with Gasteiger partial charge < -0.3 is 5.73 Å². The van der Waals surface area contributed by atoms with Crippen LogP contribution in [0.5, 0.6) is 0 Å². The Hall–Kier alpha value is -0.640. The van der Waals surface area contributed by atoms with Crippen molar-refractivity contribution in [1.82, 2.24) is 0 Å². The zero-order valence-electron chi connectivity index (χ0n) is 10.8. The zero-order chi connectivity index (χ0) is 13.2. The van der Waals surface area contributed by atoms with Crippen molar-refractivity contribution in [2.75, 3.05) is 0 Å². The van der Waals surface area contributed by atoms with Crippen LogP contribution in [0.1, 0.15) is 34.8 Å². The quantitative estimate of drug-likeness (QED) is 0.877. The van der Waals surface area contributed by atoms with E-state index in [4.69, 9.17) is 5.73 Å². The predicted octanol–water partition coefficient (Wildman–Crippen LogP) is 4.50. The molecule has 1 heterocycles. The topological polar surface area (TPSA) is 26.0 Å². The van der Waals surface area contributed by atoms with E-state index in [1.54, 1.807) is 4.88 Å². The third kappa shape index (κ3) is 2.93. The van der Waals surface area contributed by atoms with Crippen molar-refractivity contribution < 1.29 is 0 Å². The Bertz CT molecular complexity index is 563. The van der Waals surface area contributed by atoms with E-state index >= 15 is 0 Å². The summed E-state index contributed by atoms with van der Waals surface area (Å²) in [6, 6.07) is 11.0. The molecule has 1 aromatic carbocycles. The van der Waals surface area contributed by atoms with Crippen molar-refractivity contribution in [2.24, 2.45) is 5.73 Å². The normalized spacial score (nSPS) is 20.0. The number of hydrogen-bond donors (Lipinski definition) is 1. The maximum absolute atomic E-state index is 6.49. The third-order valence-corrected chi connectivity index (χ3v) is 5.47. The minimum absolute atomic E-state index is 0.225. The molecule has 100 valence electrons. The second-order valence-corrected chi connectivity index (χ2v) is 7.21. The van der Waals surface area contributed by atoms with Crippen LogP contribution in [0, 0.1) is 0 Å². The van der Waals surface area contributed by atoms with Crippen LogP contribution in [0.3, 0.4) is 0 Å². The fraction of sp³-hybridized carbons (Fsp3) is 0.375. The van der Waals surface area contributed by atoms with Crippen LogP contribution in [0.25, 0.3) is 0 Å². The smallest absolute Gasteiger partial charge is 0.0178 e. The van der Waals surface area contributed by atoms with Gasteiger partial charge in [0, 0.05) is 21.3 Å². The average molecular weight is 336 g/mol. The van der Waals surface area contributed by atoms with Crippen molar-refractivity contribution in [1.29, 1.82) is 0 Å². The minimum Gasteiger partial charge on any atom is -0.327 e. The minimum atomic E-state index is 0.225. The molecular formula is C16H18BrNS. The van der Waals surface area contributed by atoms with Crippen LogP contribution in [-0.2, 0) is 12.8 Å². The Balaban J connectivity index is 1.77. The number of rotatable bonds is 3. The molecule has 3 heteroatoms. The van der Waals surface area contributed by atoms with Crippen LogP contribution >= 0.6 is 27.3 Å². The summed E-state index contributed by atoms with van der Waals surface area (Å²) in [5.74, 6) is 0.536. The first-order valence-electron chi connectivity index (χ1n) is 6.80. The molecule has 3 rings (SSSR count). The average Bonchev–Trinajstić information content (AvgIpc) is 2.86. The van der Waals surface area contributed by atoms with E-state index in [1.807, 2.05) is 11.3 Å². The molecule has 0 amide bonds. The molecule has 1 aliphatic carbocycles. The van der Waals surface area contributed by atoms with E-state index in [0.29, 0.717) is 5.92 Å². The highest BCUT2D eigenvalue weighted by atomic mass is 79.9. The molecular weight excluding hydrogens is 318 g/mol. The second-order valence-electron chi connectivity index (χ2n) is 5.30. The van der Waals surface area contributed by atoms with Gasteiger partial charge in [0.15, 0.2) is 0 Å². The molecule has 0 spiro atoms. The van der Waals surface area contributed by atoms with E-state index in [1.165, 1.54) is 30.4 Å². The highest BCUT2D eigenvalue weighted by molar-refractivity contribution is 9.10. The van der Waals surface area contributed by atoms with Gasteiger partial charge in [-0.3, -0.25) is 0 Å². The van der Waals surface area contributed by atoms with Gasteiger partial charge in [-0.1, -0.05) is 28.1 Å². The van der Waals surface area contributed by atoms with Gasteiger partial charge in [0.1, 0.15) is 0 Å². The van der Waals surface area contributed by atoms with Gasteiger partial charge in [-0.25, -0.2) is 0 Å². The molecule has 2 N–H and O–H groups in total. The van der Waals surface area contributed by atoms with E-state index < -0.39 is 0 Å². The standard InChI is InChI=1S/C16H18BrNS/c17-12-4-1-3-11(9-12)10-15(18)13-5-2-6-16-14(13)7-8-19-16/h1,3-4,7-9,13,15H,2,5-6,10,18H2. The fourth-order valence-corrected chi connectivity index (χ4v) is 4.49. The number of nitrogens with two attached hydrogens (primary N) is 1. The number of thiophene rings is 1. The Labute approximate surface area is 127 Å². The Kier molecular flexibility index (Phi) is 4.06. The lowest BCUT2D eigenvalue weighted by atomic mass is 9.81. The molecule has 1 nitrogen and oxygen atoms in total. The van der Waals surface area contributed by atoms with Gasteiger partial charge in [-0.05, 0) is 60.4 Å². The first-order chi connectivity index (χ1) is 9.24. The molecule has 2 aromatic rings. The third-order valence-electron chi connectivity index (χ3n) is 3.98. The maximum Gasteiger partial charge on any atom is 0.0178 e. The van der Waals surface area contributed by atoms with E-state index in [-0.39, 0.29) is 6.04 Å². The first kappa shape index (κ1) is 13.3. The largest absolute Gasteiger partial charge is 0.327 e. The summed E-state index contributed by atoms with van der Waals surface area (Å²) >= 11 is 5.42. The van der Waals surface area contributed by atoms with Crippen LogP contribution in [0.15, 0.2) is 40.2 Å². The summed E-state index contributed by atoms with van der Waals surface area (Å²) < 4.78 is 1.14. The molecule has 2 atom stereocenters. The number of hydrogen-bond acceptors (Lipinski definition) is 2. The van der Waals surface area contributed by atoms with Crippen LogP contribution in [-0.4, -0.2) is 6.04 Å². The van der Waals surface area contributed by atoms with E-state index in [9.17, 15) is 0 Å². The molecule has 1 aliphatic rings. The molecule has 0 fully saturated rings. The van der Waals surface area contributed by atoms with Crippen LogP contribution < -0.4 is 5.73 Å². The van der Waals surface area contributed by atoms with Crippen molar-refractivity contribution in [3.8, 4) is 0 Å². The molecule has 0 radical (unpaired) electrons. The Morgan fingerprint density at radius 2 is 2.26 bits per heavy atom. The molecule has 0 bridgehead atoms. The molecule has 1 aromatic heterocycles. The Morgan fingerprint density at radius 3 is 3.11 bits per heavy atom. The first-order valence-corrected chi connectivity index (χ1v) is 8.47. The predicted molar refractivity (Wildman–Crippen MR) is 85.8 cm³/mol. The van der Waals surface area contributed by atoms with E-state index in [2.05, 4.69) is 51.6 Å². The Morgan fingerprint density at radius 1 is 1.37 bits per heavy atom. The van der Waals surface area contributed by atoms with Crippen molar-refractivity contribution in [3.05, 3.63) is 56.2 Å². The number of benzene rings is 1. The lowest BCUT2D eigenvalue weighted by Gasteiger charge is -2.28.